The van der Waals surface area contributed by atoms with Crippen LogP contribution in [0.1, 0.15) is 13.8 Å². The van der Waals surface area contributed by atoms with Gasteiger partial charge in [-0.05, 0) is 13.8 Å². The topological polar surface area (TPSA) is 161 Å². The highest BCUT2D eigenvalue weighted by Gasteiger charge is 2.29. The van der Waals surface area contributed by atoms with Gasteiger partial charge in [0.1, 0.15) is 25.6 Å². The minimum absolute atomic E-state index is 0.0206. The number of alkyl halides is 1. The summed E-state index contributed by atoms with van der Waals surface area (Å²) >= 11 is 5.64. The number of hydrogen-bond acceptors (Lipinski definition) is 10. The quantitative estimate of drug-likeness (QED) is 0.168. The van der Waals surface area contributed by atoms with Crippen molar-refractivity contribution in [3.8, 4) is 0 Å². The summed E-state index contributed by atoms with van der Waals surface area (Å²) in [5.74, 6) is -0.387. The lowest BCUT2D eigenvalue weighted by Crippen LogP contribution is -2.28. The number of halogens is 1. The number of nitrogens with two attached hydrogens (primary N) is 1. The van der Waals surface area contributed by atoms with Crippen molar-refractivity contribution in [3.05, 3.63) is 12.7 Å². The maximum atomic E-state index is 11.8. The number of aromatic nitrogens is 4. The zero-order chi connectivity index (χ0) is 20.8. The first-order valence-corrected chi connectivity index (χ1v) is 10.3. The standard InChI is InChI=1S/C14H21ClN5O7P/c1-14(2,5-15)13(21)25-8-27-28(22,23)9-24-3-4-26-20-7-19-10-11(16)17-6-18-12(10)20/h6-7H,3-5,8-9H2,1-2H3,(H,22,23)(H2,16,17,18). The molecule has 0 saturated carbocycles. The molecule has 0 aromatic carbocycles. The molecular weight excluding hydrogens is 417 g/mol. The Morgan fingerprint density at radius 2 is 2.11 bits per heavy atom. The highest BCUT2D eigenvalue weighted by Crippen LogP contribution is 2.41. The second-order valence-corrected chi connectivity index (χ2v) is 8.26. The third-order valence-corrected chi connectivity index (χ3v) is 5.06. The highest BCUT2D eigenvalue weighted by atomic mass is 35.5. The number of rotatable bonds is 11. The Kier molecular flexibility index (Phi) is 7.55. The molecule has 0 fully saturated rings. The second-order valence-electron chi connectivity index (χ2n) is 6.21. The molecule has 156 valence electrons. The summed E-state index contributed by atoms with van der Waals surface area (Å²) in [6, 6.07) is 0. The largest absolute Gasteiger partial charge is 0.438 e. The maximum Gasteiger partial charge on any atom is 0.356 e. The van der Waals surface area contributed by atoms with Crippen LogP contribution in [0.15, 0.2) is 12.7 Å². The molecule has 0 spiro atoms. The Bertz CT molecular complexity index is 862. The first-order chi connectivity index (χ1) is 13.2. The summed E-state index contributed by atoms with van der Waals surface area (Å²) in [5, 5.41) is 0. The fraction of sp³-hybridized carbons (Fsp3) is 0.571. The van der Waals surface area contributed by atoms with Crippen molar-refractivity contribution >= 4 is 42.1 Å². The molecule has 3 N–H and O–H groups in total. The molecule has 2 rings (SSSR count). The SMILES string of the molecule is CC(C)(CCl)C(=O)OCOP(=O)(O)COCCOn1cnc2c(N)ncnc21. The van der Waals surface area contributed by atoms with E-state index in [0.717, 1.165) is 0 Å². The molecule has 0 aliphatic heterocycles. The molecule has 0 radical (unpaired) electrons. The van der Waals surface area contributed by atoms with Crippen LogP contribution >= 0.6 is 19.2 Å². The highest BCUT2D eigenvalue weighted by molar-refractivity contribution is 7.52. The van der Waals surface area contributed by atoms with Gasteiger partial charge < -0.3 is 24.9 Å². The van der Waals surface area contributed by atoms with Crippen molar-refractivity contribution in [2.45, 2.75) is 13.8 Å². The number of carbonyl (C=O) groups is 1. The van der Waals surface area contributed by atoms with Gasteiger partial charge in [0.05, 0.1) is 12.0 Å². The Balaban J connectivity index is 1.68. The van der Waals surface area contributed by atoms with Gasteiger partial charge in [-0.3, -0.25) is 13.9 Å². The van der Waals surface area contributed by atoms with E-state index in [1.165, 1.54) is 17.4 Å². The van der Waals surface area contributed by atoms with E-state index in [-0.39, 0.29) is 24.9 Å². The molecule has 2 heterocycles. The predicted molar refractivity (Wildman–Crippen MR) is 98.4 cm³/mol. The first-order valence-electron chi connectivity index (χ1n) is 8.00. The van der Waals surface area contributed by atoms with E-state index in [0.29, 0.717) is 11.2 Å². The minimum atomic E-state index is -4.10. The molecule has 0 saturated heterocycles. The fourth-order valence-corrected chi connectivity index (χ4v) is 2.51. The van der Waals surface area contributed by atoms with E-state index in [2.05, 4.69) is 19.5 Å². The maximum absolute atomic E-state index is 11.8. The third kappa shape index (κ3) is 6.01. The number of carbonyl (C=O) groups excluding carboxylic acids is 1. The van der Waals surface area contributed by atoms with Crippen molar-refractivity contribution < 1.29 is 33.1 Å². The van der Waals surface area contributed by atoms with Gasteiger partial charge in [0.25, 0.3) is 0 Å². The van der Waals surface area contributed by atoms with E-state index in [4.69, 9.17) is 31.6 Å². The van der Waals surface area contributed by atoms with Gasteiger partial charge >= 0.3 is 13.6 Å². The van der Waals surface area contributed by atoms with Crippen molar-refractivity contribution in [1.29, 1.82) is 0 Å². The zero-order valence-electron chi connectivity index (χ0n) is 15.3. The van der Waals surface area contributed by atoms with Crippen LogP contribution in [0, 0.1) is 5.41 Å². The van der Waals surface area contributed by atoms with Crippen LogP contribution in [0.4, 0.5) is 5.82 Å². The van der Waals surface area contributed by atoms with E-state index >= 15 is 0 Å². The number of nitrogens with zero attached hydrogens (tertiary/aromatic N) is 4. The Labute approximate surface area is 165 Å². The molecule has 0 bridgehead atoms. The fourth-order valence-electron chi connectivity index (χ4n) is 1.75. The molecule has 2 aromatic heterocycles. The molecule has 28 heavy (non-hydrogen) atoms. The van der Waals surface area contributed by atoms with Gasteiger partial charge in [-0.15, -0.1) is 11.6 Å². The van der Waals surface area contributed by atoms with Crippen LogP contribution in [0.5, 0.6) is 0 Å². The Morgan fingerprint density at radius 1 is 1.36 bits per heavy atom. The van der Waals surface area contributed by atoms with E-state index in [1.807, 2.05) is 0 Å². The zero-order valence-corrected chi connectivity index (χ0v) is 16.9. The molecule has 1 unspecified atom stereocenters. The average molecular weight is 438 g/mol. The van der Waals surface area contributed by atoms with Crippen LogP contribution in [-0.4, -0.2) is 62.8 Å². The van der Waals surface area contributed by atoms with Crippen LogP contribution in [0.25, 0.3) is 11.2 Å². The van der Waals surface area contributed by atoms with Crippen LogP contribution in [-0.2, 0) is 23.4 Å². The van der Waals surface area contributed by atoms with Crippen molar-refractivity contribution in [2.75, 3.05) is 38.0 Å². The number of esters is 1. The van der Waals surface area contributed by atoms with E-state index < -0.39 is 32.1 Å². The van der Waals surface area contributed by atoms with Crippen molar-refractivity contribution in [2.24, 2.45) is 5.41 Å². The average Bonchev–Trinajstić information content (AvgIpc) is 3.05. The second kappa shape index (κ2) is 9.48. The van der Waals surface area contributed by atoms with Gasteiger partial charge in [-0.1, -0.05) is 0 Å². The van der Waals surface area contributed by atoms with Crippen molar-refractivity contribution in [3.63, 3.8) is 0 Å². The van der Waals surface area contributed by atoms with Gasteiger partial charge in [0, 0.05) is 5.88 Å². The lowest BCUT2D eigenvalue weighted by atomic mass is 9.97. The first kappa shape index (κ1) is 22.3. The predicted octanol–water partition coefficient (Wildman–Crippen LogP) is 0.779. The van der Waals surface area contributed by atoms with Gasteiger partial charge in [0.2, 0.25) is 12.4 Å². The number of nitrogen functional groups attached to an aromatic ring is 1. The van der Waals surface area contributed by atoms with Crippen LogP contribution in [0.2, 0.25) is 0 Å². The molecule has 14 heteroatoms. The smallest absolute Gasteiger partial charge is 0.356 e. The minimum Gasteiger partial charge on any atom is -0.438 e. The van der Waals surface area contributed by atoms with E-state index in [1.54, 1.807) is 13.8 Å². The monoisotopic (exact) mass is 437 g/mol. The lowest BCUT2D eigenvalue weighted by Gasteiger charge is -2.19. The summed E-state index contributed by atoms with van der Waals surface area (Å²) in [4.78, 5) is 38.5. The van der Waals surface area contributed by atoms with E-state index in [9.17, 15) is 14.3 Å². The molecular formula is C14H21ClN5O7P. The summed E-state index contributed by atoms with van der Waals surface area (Å²) in [7, 11) is -4.10. The normalized spacial score (nSPS) is 14.0. The lowest BCUT2D eigenvalue weighted by molar-refractivity contribution is -0.159. The summed E-state index contributed by atoms with van der Waals surface area (Å²) in [6.07, 6.45) is 2.04. The molecule has 0 amide bonds. The van der Waals surface area contributed by atoms with Crippen LogP contribution in [0.3, 0.4) is 0 Å². The molecule has 1 atom stereocenters. The van der Waals surface area contributed by atoms with Crippen molar-refractivity contribution in [1.82, 2.24) is 19.7 Å². The van der Waals surface area contributed by atoms with Gasteiger partial charge in [-0.2, -0.15) is 4.73 Å². The Hall–Kier alpha value is -1.98. The number of imidazole rings is 1. The van der Waals surface area contributed by atoms with Crippen LogP contribution < -0.4 is 10.6 Å². The number of ether oxygens (including phenoxy) is 2. The summed E-state index contributed by atoms with van der Waals surface area (Å²) in [5.41, 5.74) is 5.51. The summed E-state index contributed by atoms with van der Waals surface area (Å²) < 4.78 is 27.6. The molecule has 0 aliphatic rings. The summed E-state index contributed by atoms with van der Waals surface area (Å²) in [6.45, 7) is 2.48. The third-order valence-electron chi connectivity index (χ3n) is 3.38. The molecule has 2 aromatic rings. The van der Waals surface area contributed by atoms with Gasteiger partial charge in [0.15, 0.2) is 11.3 Å². The van der Waals surface area contributed by atoms with Gasteiger partial charge in [-0.25, -0.2) is 15.0 Å². The molecule has 12 nitrogen and oxygen atoms in total. The number of fused-ring (bicyclic) bond motifs is 1. The number of hydrogen-bond donors (Lipinski definition) is 2. The molecule has 0 aliphatic carbocycles. The number of anilines is 1. The Morgan fingerprint density at radius 3 is 2.82 bits per heavy atom.